The molecule has 0 N–H and O–H groups in total. The Morgan fingerprint density at radius 1 is 1.07 bits per heavy atom. The lowest BCUT2D eigenvalue weighted by atomic mass is 10.2. The molecule has 0 aliphatic rings. The minimum Gasteiger partial charge on any atom is -0.338 e. The van der Waals surface area contributed by atoms with Crippen molar-refractivity contribution in [2.24, 2.45) is 0 Å². The Morgan fingerprint density at radius 2 is 1.73 bits per heavy atom. The summed E-state index contributed by atoms with van der Waals surface area (Å²) in [6.45, 7) is 6.10. The van der Waals surface area contributed by atoms with E-state index < -0.39 is 23.0 Å². The van der Waals surface area contributed by atoms with Crippen LogP contribution in [0.1, 0.15) is 35.5 Å². The summed E-state index contributed by atoms with van der Waals surface area (Å²) in [5.41, 5.74) is -0.0207. The molecule has 0 aliphatic heterocycles. The van der Waals surface area contributed by atoms with Gasteiger partial charge in [0.1, 0.15) is 5.82 Å². The summed E-state index contributed by atoms with van der Waals surface area (Å²) in [6, 6.07) is 12.6. The third kappa shape index (κ3) is 4.22. The van der Waals surface area contributed by atoms with Crippen LogP contribution >= 0.6 is 0 Å². The Kier molecular flexibility index (Phi) is 6.25. The number of hydrogen-bond donors (Lipinski definition) is 0. The summed E-state index contributed by atoms with van der Waals surface area (Å²) in [4.78, 5) is 40.5. The van der Waals surface area contributed by atoms with Crippen molar-refractivity contribution in [1.29, 1.82) is 0 Å². The lowest BCUT2D eigenvalue weighted by Crippen LogP contribution is -2.46. The minimum atomic E-state index is -0.801. The van der Waals surface area contributed by atoms with Gasteiger partial charge < -0.3 is 4.90 Å². The number of aromatic nitrogens is 3. The molecule has 0 bridgehead atoms. The Morgan fingerprint density at radius 3 is 2.33 bits per heavy atom. The molecule has 1 heterocycles. The SMILES string of the molecule is CCN(CC)C(=O)c1nn(-c2ccc(C)cc2)c(=O)n(Cc2cccc(F)c2)c1=O. The topological polar surface area (TPSA) is 77.2 Å². The highest BCUT2D eigenvalue weighted by Gasteiger charge is 2.23. The van der Waals surface area contributed by atoms with Gasteiger partial charge in [0.2, 0.25) is 5.69 Å². The van der Waals surface area contributed by atoms with Crippen LogP contribution < -0.4 is 11.2 Å². The van der Waals surface area contributed by atoms with Crippen LogP contribution in [-0.4, -0.2) is 38.2 Å². The molecular formula is C22H23FN4O3. The van der Waals surface area contributed by atoms with Gasteiger partial charge >= 0.3 is 5.69 Å². The first kappa shape index (κ1) is 21.2. The molecule has 0 atom stereocenters. The van der Waals surface area contributed by atoms with Crippen molar-refractivity contribution < 1.29 is 9.18 Å². The monoisotopic (exact) mass is 410 g/mol. The van der Waals surface area contributed by atoms with Crippen LogP contribution in [0.15, 0.2) is 58.1 Å². The second-order valence-electron chi connectivity index (χ2n) is 6.88. The van der Waals surface area contributed by atoms with Crippen molar-refractivity contribution >= 4 is 5.91 Å². The molecule has 1 amide bonds. The summed E-state index contributed by atoms with van der Waals surface area (Å²) in [5.74, 6) is -1.04. The van der Waals surface area contributed by atoms with Gasteiger partial charge in [0, 0.05) is 13.1 Å². The van der Waals surface area contributed by atoms with E-state index in [-0.39, 0.29) is 12.2 Å². The summed E-state index contributed by atoms with van der Waals surface area (Å²) in [5, 5.41) is 4.11. The van der Waals surface area contributed by atoms with Crippen molar-refractivity contribution in [3.05, 3.63) is 92.0 Å². The number of amides is 1. The molecule has 30 heavy (non-hydrogen) atoms. The zero-order valence-electron chi connectivity index (χ0n) is 17.1. The van der Waals surface area contributed by atoms with E-state index in [4.69, 9.17) is 0 Å². The number of hydrogen-bond acceptors (Lipinski definition) is 4. The molecule has 0 saturated heterocycles. The van der Waals surface area contributed by atoms with Gasteiger partial charge in [-0.15, -0.1) is 0 Å². The molecule has 0 unspecified atom stereocenters. The number of nitrogens with zero attached hydrogens (tertiary/aromatic N) is 4. The van der Waals surface area contributed by atoms with Crippen LogP contribution in [0.2, 0.25) is 0 Å². The van der Waals surface area contributed by atoms with E-state index in [1.165, 1.54) is 23.1 Å². The van der Waals surface area contributed by atoms with Crippen molar-refractivity contribution in [2.75, 3.05) is 13.1 Å². The Hall–Kier alpha value is -3.55. The fraction of sp³-hybridized carbons (Fsp3) is 0.273. The van der Waals surface area contributed by atoms with E-state index in [2.05, 4.69) is 5.10 Å². The normalized spacial score (nSPS) is 10.8. The fourth-order valence-corrected chi connectivity index (χ4v) is 3.12. The van der Waals surface area contributed by atoms with E-state index in [1.807, 2.05) is 6.92 Å². The molecule has 7 nitrogen and oxygen atoms in total. The quantitative estimate of drug-likeness (QED) is 0.625. The van der Waals surface area contributed by atoms with Gasteiger partial charge in [-0.3, -0.25) is 14.2 Å². The third-order valence-corrected chi connectivity index (χ3v) is 4.82. The molecule has 0 fully saturated rings. The van der Waals surface area contributed by atoms with Crippen molar-refractivity contribution in [3.63, 3.8) is 0 Å². The standard InChI is InChI=1S/C22H23FN4O3/c1-4-25(5-2)20(28)19-21(29)26(14-16-7-6-8-17(23)13-16)22(30)27(24-19)18-11-9-15(3)10-12-18/h6-13H,4-5,14H2,1-3H3. The molecule has 1 aromatic heterocycles. The molecular weight excluding hydrogens is 387 g/mol. The lowest BCUT2D eigenvalue weighted by Gasteiger charge is -2.19. The third-order valence-electron chi connectivity index (χ3n) is 4.82. The van der Waals surface area contributed by atoms with Gasteiger partial charge in [-0.25, -0.2) is 9.18 Å². The molecule has 3 rings (SSSR count). The van der Waals surface area contributed by atoms with Gasteiger partial charge in [-0.1, -0.05) is 29.8 Å². The van der Waals surface area contributed by atoms with E-state index in [9.17, 15) is 18.8 Å². The zero-order chi connectivity index (χ0) is 21.8. The predicted molar refractivity (Wildman–Crippen MR) is 112 cm³/mol. The number of aryl methyl sites for hydroxylation is 1. The van der Waals surface area contributed by atoms with Crippen LogP contribution in [0.3, 0.4) is 0 Å². The average Bonchev–Trinajstić information content (AvgIpc) is 2.73. The van der Waals surface area contributed by atoms with Gasteiger partial charge in [-0.2, -0.15) is 9.78 Å². The Labute approximate surface area is 173 Å². The molecule has 0 saturated carbocycles. The first-order valence-corrected chi connectivity index (χ1v) is 9.70. The molecule has 2 aromatic carbocycles. The summed E-state index contributed by atoms with van der Waals surface area (Å²) in [7, 11) is 0. The van der Waals surface area contributed by atoms with Crippen LogP contribution in [0.25, 0.3) is 5.69 Å². The number of carbonyl (C=O) groups is 1. The number of benzene rings is 2. The van der Waals surface area contributed by atoms with Crippen LogP contribution in [0, 0.1) is 12.7 Å². The number of carbonyl (C=O) groups excluding carboxylic acids is 1. The van der Waals surface area contributed by atoms with Crippen molar-refractivity contribution in [3.8, 4) is 5.69 Å². The summed E-state index contributed by atoms with van der Waals surface area (Å²) in [6.07, 6.45) is 0. The number of rotatable bonds is 6. The number of halogens is 1. The first-order chi connectivity index (χ1) is 14.3. The Balaban J connectivity index is 2.24. The largest absolute Gasteiger partial charge is 0.352 e. The highest BCUT2D eigenvalue weighted by atomic mass is 19.1. The van der Waals surface area contributed by atoms with Gasteiger partial charge in [0.15, 0.2) is 0 Å². The van der Waals surface area contributed by atoms with Gasteiger partial charge in [0.05, 0.1) is 12.2 Å². The minimum absolute atomic E-state index is 0.178. The fourth-order valence-electron chi connectivity index (χ4n) is 3.12. The second-order valence-corrected chi connectivity index (χ2v) is 6.88. The highest BCUT2D eigenvalue weighted by molar-refractivity contribution is 5.91. The average molecular weight is 410 g/mol. The zero-order valence-corrected chi connectivity index (χ0v) is 17.1. The van der Waals surface area contributed by atoms with Crippen molar-refractivity contribution in [2.45, 2.75) is 27.3 Å². The molecule has 156 valence electrons. The Bertz CT molecular complexity index is 1180. The molecule has 0 aliphatic carbocycles. The summed E-state index contributed by atoms with van der Waals surface area (Å²) >= 11 is 0. The van der Waals surface area contributed by atoms with Gasteiger partial charge in [-0.05, 0) is 50.6 Å². The highest BCUT2D eigenvalue weighted by Crippen LogP contribution is 2.08. The lowest BCUT2D eigenvalue weighted by molar-refractivity contribution is 0.0761. The van der Waals surface area contributed by atoms with E-state index in [0.717, 1.165) is 14.8 Å². The summed E-state index contributed by atoms with van der Waals surface area (Å²) < 4.78 is 15.6. The molecule has 3 aromatic rings. The van der Waals surface area contributed by atoms with E-state index >= 15 is 0 Å². The van der Waals surface area contributed by atoms with Crippen LogP contribution in [0.4, 0.5) is 4.39 Å². The first-order valence-electron chi connectivity index (χ1n) is 9.70. The molecule has 0 radical (unpaired) electrons. The second kappa shape index (κ2) is 8.86. The van der Waals surface area contributed by atoms with Crippen molar-refractivity contribution in [1.82, 2.24) is 19.2 Å². The van der Waals surface area contributed by atoms with Crippen LogP contribution in [0.5, 0.6) is 0 Å². The predicted octanol–water partition coefficient (Wildman–Crippen LogP) is 2.37. The maximum absolute atomic E-state index is 13.6. The molecule has 8 heteroatoms. The van der Waals surface area contributed by atoms with E-state index in [1.54, 1.807) is 44.2 Å². The van der Waals surface area contributed by atoms with Gasteiger partial charge in [0.25, 0.3) is 11.5 Å². The maximum atomic E-state index is 13.6. The van der Waals surface area contributed by atoms with Crippen LogP contribution in [-0.2, 0) is 6.54 Å². The molecule has 0 spiro atoms. The maximum Gasteiger partial charge on any atom is 0.352 e. The van der Waals surface area contributed by atoms with E-state index in [0.29, 0.717) is 24.3 Å². The smallest absolute Gasteiger partial charge is 0.338 e.